The van der Waals surface area contributed by atoms with Crippen molar-refractivity contribution >= 4 is 11.6 Å². The van der Waals surface area contributed by atoms with Crippen LogP contribution in [0.1, 0.15) is 53.8 Å². The number of hydrogen-bond donors (Lipinski definition) is 0. The summed E-state index contributed by atoms with van der Waals surface area (Å²) < 4.78 is 7.55. The second-order valence-corrected chi connectivity index (χ2v) is 9.32. The number of hydrogen-bond acceptors (Lipinski definition) is 6. The van der Waals surface area contributed by atoms with Crippen molar-refractivity contribution in [1.29, 1.82) is 0 Å². The molecule has 0 aromatic carbocycles. The summed E-state index contributed by atoms with van der Waals surface area (Å²) in [5.74, 6) is 1.43. The fourth-order valence-electron chi connectivity index (χ4n) is 3.80. The molecular weight excluding hydrogens is 462 g/mol. The lowest BCUT2D eigenvalue weighted by Crippen LogP contribution is -2.24. The Labute approximate surface area is 209 Å². The van der Waals surface area contributed by atoms with Gasteiger partial charge >= 0.3 is 0 Å². The van der Waals surface area contributed by atoms with Gasteiger partial charge in [-0.2, -0.15) is 0 Å². The SMILES string of the molecule is Cc1cccc(COc2cc(C)n(-c3cc(-c4nc(C(C)C)ncc4C)ncc3Cl)c(=O)c2C)n1. The molecule has 35 heavy (non-hydrogen) atoms. The monoisotopic (exact) mass is 489 g/mol. The zero-order chi connectivity index (χ0) is 25.3. The average molecular weight is 490 g/mol. The van der Waals surface area contributed by atoms with Crippen LogP contribution in [0.25, 0.3) is 17.1 Å². The van der Waals surface area contributed by atoms with Crippen LogP contribution in [-0.4, -0.2) is 24.5 Å². The van der Waals surface area contributed by atoms with E-state index in [0.29, 0.717) is 33.4 Å². The van der Waals surface area contributed by atoms with E-state index in [0.717, 1.165) is 28.5 Å². The maximum Gasteiger partial charge on any atom is 0.261 e. The second-order valence-electron chi connectivity index (χ2n) is 8.91. The van der Waals surface area contributed by atoms with Gasteiger partial charge in [0.1, 0.15) is 18.2 Å². The molecule has 0 radical (unpaired) electrons. The molecule has 0 atom stereocenters. The van der Waals surface area contributed by atoms with Gasteiger partial charge in [-0.05, 0) is 51.5 Å². The molecule has 4 aromatic heterocycles. The van der Waals surface area contributed by atoms with E-state index in [1.807, 2.05) is 58.9 Å². The van der Waals surface area contributed by atoms with Gasteiger partial charge in [-0.1, -0.05) is 31.5 Å². The first-order chi connectivity index (χ1) is 16.7. The first kappa shape index (κ1) is 24.5. The number of aromatic nitrogens is 5. The van der Waals surface area contributed by atoms with Crippen molar-refractivity contribution < 1.29 is 4.74 Å². The van der Waals surface area contributed by atoms with E-state index in [-0.39, 0.29) is 18.1 Å². The summed E-state index contributed by atoms with van der Waals surface area (Å²) in [6, 6.07) is 9.40. The van der Waals surface area contributed by atoms with Crippen LogP contribution in [-0.2, 0) is 6.61 Å². The Balaban J connectivity index is 1.75. The van der Waals surface area contributed by atoms with Gasteiger partial charge in [0.25, 0.3) is 5.56 Å². The molecule has 0 saturated carbocycles. The van der Waals surface area contributed by atoms with E-state index in [4.69, 9.17) is 21.3 Å². The molecule has 8 heteroatoms. The van der Waals surface area contributed by atoms with Crippen molar-refractivity contribution in [2.75, 3.05) is 0 Å². The summed E-state index contributed by atoms with van der Waals surface area (Å²) in [5.41, 5.74) is 5.45. The van der Waals surface area contributed by atoms with Crippen LogP contribution in [0.4, 0.5) is 0 Å². The fourth-order valence-corrected chi connectivity index (χ4v) is 3.99. The summed E-state index contributed by atoms with van der Waals surface area (Å²) >= 11 is 6.54. The number of aryl methyl sites for hydroxylation is 3. The summed E-state index contributed by atoms with van der Waals surface area (Å²) in [4.78, 5) is 31.5. The number of nitrogens with zero attached hydrogens (tertiary/aromatic N) is 5. The van der Waals surface area contributed by atoms with E-state index in [2.05, 4.69) is 15.0 Å². The zero-order valence-corrected chi connectivity index (χ0v) is 21.5. The molecule has 0 bridgehead atoms. The summed E-state index contributed by atoms with van der Waals surface area (Å²) in [7, 11) is 0. The van der Waals surface area contributed by atoms with Gasteiger partial charge in [-0.3, -0.25) is 19.3 Å². The first-order valence-corrected chi connectivity index (χ1v) is 11.8. The highest BCUT2D eigenvalue weighted by Crippen LogP contribution is 2.28. The predicted octanol–water partition coefficient (Wildman–Crippen LogP) is 5.67. The van der Waals surface area contributed by atoms with Crippen molar-refractivity contribution in [3.05, 3.63) is 92.1 Å². The predicted molar refractivity (Wildman–Crippen MR) is 137 cm³/mol. The minimum atomic E-state index is -0.210. The molecule has 4 heterocycles. The molecule has 0 aliphatic heterocycles. The van der Waals surface area contributed by atoms with Crippen molar-refractivity contribution in [1.82, 2.24) is 24.5 Å². The van der Waals surface area contributed by atoms with Crippen molar-refractivity contribution in [2.45, 2.75) is 54.1 Å². The lowest BCUT2D eigenvalue weighted by atomic mass is 10.1. The average Bonchev–Trinajstić information content (AvgIpc) is 2.82. The van der Waals surface area contributed by atoms with Crippen molar-refractivity contribution in [3.8, 4) is 22.8 Å². The van der Waals surface area contributed by atoms with Crippen LogP contribution in [0.3, 0.4) is 0 Å². The van der Waals surface area contributed by atoms with Crippen LogP contribution < -0.4 is 10.3 Å². The zero-order valence-electron chi connectivity index (χ0n) is 20.8. The largest absolute Gasteiger partial charge is 0.487 e. The van der Waals surface area contributed by atoms with Gasteiger partial charge in [0.05, 0.1) is 33.4 Å². The lowest BCUT2D eigenvalue weighted by molar-refractivity contribution is 0.297. The molecule has 180 valence electrons. The van der Waals surface area contributed by atoms with Gasteiger partial charge in [-0.15, -0.1) is 0 Å². The van der Waals surface area contributed by atoms with Gasteiger partial charge in [0, 0.05) is 35.8 Å². The Morgan fingerprint density at radius 1 is 1.03 bits per heavy atom. The highest BCUT2D eigenvalue weighted by atomic mass is 35.5. The Morgan fingerprint density at radius 3 is 2.51 bits per heavy atom. The normalized spacial score (nSPS) is 11.2. The van der Waals surface area contributed by atoms with Gasteiger partial charge < -0.3 is 4.74 Å². The molecule has 0 aliphatic carbocycles. The van der Waals surface area contributed by atoms with E-state index >= 15 is 0 Å². The highest BCUT2D eigenvalue weighted by molar-refractivity contribution is 6.32. The third-order valence-electron chi connectivity index (χ3n) is 5.73. The maximum atomic E-state index is 13.4. The van der Waals surface area contributed by atoms with Gasteiger partial charge in [0.2, 0.25) is 0 Å². The second kappa shape index (κ2) is 9.96. The smallest absolute Gasteiger partial charge is 0.261 e. The third-order valence-corrected chi connectivity index (χ3v) is 6.02. The van der Waals surface area contributed by atoms with Crippen molar-refractivity contribution in [2.24, 2.45) is 0 Å². The molecule has 4 rings (SSSR count). The third kappa shape index (κ3) is 5.10. The summed E-state index contributed by atoms with van der Waals surface area (Å²) in [6.07, 6.45) is 3.35. The van der Waals surface area contributed by atoms with Crippen LogP contribution in [0.2, 0.25) is 5.02 Å². The lowest BCUT2D eigenvalue weighted by Gasteiger charge is -2.17. The Hall–Kier alpha value is -3.58. The van der Waals surface area contributed by atoms with E-state index < -0.39 is 0 Å². The van der Waals surface area contributed by atoms with Crippen LogP contribution in [0, 0.1) is 27.7 Å². The minimum Gasteiger partial charge on any atom is -0.487 e. The molecule has 7 nitrogen and oxygen atoms in total. The number of rotatable bonds is 6. The molecule has 0 spiro atoms. The van der Waals surface area contributed by atoms with E-state index in [1.54, 1.807) is 30.0 Å². The fraction of sp³-hybridized carbons (Fsp3) is 0.296. The van der Waals surface area contributed by atoms with Crippen LogP contribution >= 0.6 is 11.6 Å². The minimum absolute atomic E-state index is 0.177. The van der Waals surface area contributed by atoms with Gasteiger partial charge in [0.15, 0.2) is 0 Å². The van der Waals surface area contributed by atoms with Crippen LogP contribution in [0.5, 0.6) is 5.75 Å². The molecule has 0 amide bonds. The molecular formula is C27H28ClN5O2. The molecule has 0 unspecified atom stereocenters. The quantitative estimate of drug-likeness (QED) is 0.347. The number of ether oxygens (including phenoxy) is 1. The highest BCUT2D eigenvalue weighted by Gasteiger charge is 2.18. The molecule has 0 saturated heterocycles. The van der Waals surface area contributed by atoms with E-state index in [1.165, 1.54) is 0 Å². The Bertz CT molecular complexity index is 1460. The molecule has 0 aliphatic rings. The molecule has 4 aromatic rings. The van der Waals surface area contributed by atoms with E-state index in [9.17, 15) is 4.79 Å². The Kier molecular flexibility index (Phi) is 6.98. The summed E-state index contributed by atoms with van der Waals surface area (Å²) in [6.45, 7) is 11.8. The Morgan fingerprint density at radius 2 is 1.80 bits per heavy atom. The first-order valence-electron chi connectivity index (χ1n) is 11.4. The number of pyridine rings is 3. The topological polar surface area (TPSA) is 82.8 Å². The van der Waals surface area contributed by atoms with Crippen molar-refractivity contribution in [3.63, 3.8) is 0 Å². The summed E-state index contributed by atoms with van der Waals surface area (Å²) in [5, 5.41) is 0.367. The number of halogens is 1. The maximum absolute atomic E-state index is 13.4. The van der Waals surface area contributed by atoms with Gasteiger partial charge in [-0.25, -0.2) is 9.97 Å². The van der Waals surface area contributed by atoms with Crippen LogP contribution in [0.15, 0.2) is 47.5 Å². The molecule has 0 fully saturated rings. The molecule has 0 N–H and O–H groups in total. The standard InChI is InChI=1S/C27H28ClN5O2/c1-15(2)26-30-12-16(3)25(32-26)22-11-23(21(28)13-29-22)33-18(5)10-24(19(6)27(33)34)35-14-20-9-7-8-17(4)31-20/h7-13,15H,14H2,1-6H3.